The van der Waals surface area contributed by atoms with E-state index in [9.17, 15) is 17.6 Å². The first-order valence-electron chi connectivity index (χ1n) is 7.93. The predicted octanol–water partition coefficient (Wildman–Crippen LogP) is 1.81. The molecule has 0 unspecified atom stereocenters. The Balaban J connectivity index is 1.91. The molecule has 0 aromatic heterocycles. The van der Waals surface area contributed by atoms with Crippen molar-refractivity contribution in [3.8, 4) is 0 Å². The van der Waals surface area contributed by atoms with Gasteiger partial charge in [0.05, 0.1) is 4.90 Å². The average molecular weight is 357 g/mol. The van der Waals surface area contributed by atoms with Gasteiger partial charge in [-0.3, -0.25) is 0 Å². The summed E-state index contributed by atoms with van der Waals surface area (Å²) in [5.41, 5.74) is 0.383. The Kier molecular flexibility index (Phi) is 5.82. The van der Waals surface area contributed by atoms with E-state index in [0.717, 1.165) is 18.9 Å². The van der Waals surface area contributed by atoms with Crippen molar-refractivity contribution in [1.82, 2.24) is 14.5 Å². The van der Waals surface area contributed by atoms with E-state index in [0.29, 0.717) is 25.2 Å². The summed E-state index contributed by atoms with van der Waals surface area (Å²) in [6.45, 7) is 3.14. The van der Waals surface area contributed by atoms with Crippen LogP contribution >= 0.6 is 0 Å². The third-order valence-corrected chi connectivity index (χ3v) is 5.84. The molecule has 1 N–H and O–H groups in total. The minimum absolute atomic E-state index is 0.0176. The van der Waals surface area contributed by atoms with Gasteiger partial charge in [-0.05, 0) is 49.4 Å². The first kappa shape index (κ1) is 18.7. The Hall–Kier alpha value is -1.67. The molecule has 0 atom stereocenters. The second-order valence-corrected chi connectivity index (χ2v) is 8.10. The number of amides is 2. The molecule has 134 valence electrons. The van der Waals surface area contributed by atoms with Crippen LogP contribution in [0.15, 0.2) is 23.1 Å². The number of halogens is 1. The van der Waals surface area contributed by atoms with Crippen molar-refractivity contribution in [2.24, 2.45) is 5.92 Å². The number of aryl methyl sites for hydroxylation is 1. The lowest BCUT2D eigenvalue weighted by atomic mass is 9.97. The number of nitrogens with one attached hydrogen (secondary N) is 1. The Labute approximate surface area is 142 Å². The van der Waals surface area contributed by atoms with E-state index in [1.165, 1.54) is 12.1 Å². The zero-order valence-electron chi connectivity index (χ0n) is 14.3. The molecule has 1 aliphatic rings. The summed E-state index contributed by atoms with van der Waals surface area (Å²) >= 11 is 0. The molecule has 0 aliphatic carbocycles. The number of rotatable bonds is 4. The van der Waals surface area contributed by atoms with Crippen molar-refractivity contribution >= 4 is 16.1 Å². The van der Waals surface area contributed by atoms with Gasteiger partial charge in [-0.2, -0.15) is 0 Å². The highest BCUT2D eigenvalue weighted by atomic mass is 32.2. The third-order valence-electron chi connectivity index (χ3n) is 4.26. The van der Waals surface area contributed by atoms with E-state index in [4.69, 9.17) is 0 Å². The van der Waals surface area contributed by atoms with Gasteiger partial charge in [-0.1, -0.05) is 0 Å². The van der Waals surface area contributed by atoms with Crippen LogP contribution in [0.2, 0.25) is 0 Å². The molecular formula is C16H24FN3O3S. The van der Waals surface area contributed by atoms with Crippen molar-refractivity contribution < 1.29 is 17.6 Å². The Morgan fingerprint density at radius 1 is 1.33 bits per heavy atom. The standard InChI is InChI=1S/C16H24FN3O3S/c1-12-10-14(17)4-5-15(12)24(22,23)18-11-13-6-8-20(9-7-13)16(21)19(2)3/h4-5,10,13,18H,6-9,11H2,1-3H3. The lowest BCUT2D eigenvalue weighted by molar-refractivity contribution is 0.148. The van der Waals surface area contributed by atoms with Crippen molar-refractivity contribution in [3.63, 3.8) is 0 Å². The maximum atomic E-state index is 13.1. The first-order valence-corrected chi connectivity index (χ1v) is 9.41. The smallest absolute Gasteiger partial charge is 0.319 e. The summed E-state index contributed by atoms with van der Waals surface area (Å²) in [6, 6.07) is 3.62. The number of hydrogen-bond donors (Lipinski definition) is 1. The van der Waals surface area contributed by atoms with Crippen molar-refractivity contribution in [1.29, 1.82) is 0 Å². The number of carbonyl (C=O) groups excluding carboxylic acids is 1. The largest absolute Gasteiger partial charge is 0.331 e. The van der Waals surface area contributed by atoms with E-state index < -0.39 is 15.8 Å². The van der Waals surface area contributed by atoms with Gasteiger partial charge in [0, 0.05) is 33.7 Å². The van der Waals surface area contributed by atoms with Crippen LogP contribution in [0.1, 0.15) is 18.4 Å². The fraction of sp³-hybridized carbons (Fsp3) is 0.562. The molecule has 0 radical (unpaired) electrons. The van der Waals surface area contributed by atoms with Crippen molar-refractivity contribution in [2.45, 2.75) is 24.7 Å². The molecule has 1 aromatic carbocycles. The number of piperidine rings is 1. The quantitative estimate of drug-likeness (QED) is 0.893. The molecule has 0 saturated carbocycles. The van der Waals surface area contributed by atoms with Crippen LogP contribution in [-0.2, 0) is 10.0 Å². The fourth-order valence-electron chi connectivity index (χ4n) is 2.83. The topological polar surface area (TPSA) is 69.7 Å². The normalized spacial score (nSPS) is 16.2. The lowest BCUT2D eigenvalue weighted by Crippen LogP contribution is -2.45. The van der Waals surface area contributed by atoms with Gasteiger partial charge in [0.2, 0.25) is 10.0 Å². The molecule has 1 aliphatic heterocycles. The van der Waals surface area contributed by atoms with Gasteiger partial charge < -0.3 is 9.80 Å². The number of benzene rings is 1. The Bertz CT molecular complexity index is 699. The summed E-state index contributed by atoms with van der Waals surface area (Å²) in [4.78, 5) is 15.3. The molecule has 8 heteroatoms. The molecule has 6 nitrogen and oxygen atoms in total. The molecular weight excluding hydrogens is 333 g/mol. The van der Waals surface area contributed by atoms with Gasteiger partial charge in [0.15, 0.2) is 0 Å². The molecule has 1 heterocycles. The summed E-state index contributed by atoms with van der Waals surface area (Å²) in [7, 11) is -0.224. The van der Waals surface area contributed by atoms with Crippen LogP contribution in [0.25, 0.3) is 0 Å². The highest BCUT2D eigenvalue weighted by Crippen LogP contribution is 2.20. The van der Waals surface area contributed by atoms with Crippen LogP contribution in [0.4, 0.5) is 9.18 Å². The van der Waals surface area contributed by atoms with Crippen LogP contribution in [0, 0.1) is 18.7 Å². The molecule has 24 heavy (non-hydrogen) atoms. The molecule has 2 amide bonds. The van der Waals surface area contributed by atoms with Crippen molar-refractivity contribution in [2.75, 3.05) is 33.7 Å². The first-order chi connectivity index (χ1) is 11.2. The second kappa shape index (κ2) is 7.48. The lowest BCUT2D eigenvalue weighted by Gasteiger charge is -2.33. The highest BCUT2D eigenvalue weighted by molar-refractivity contribution is 7.89. The van der Waals surface area contributed by atoms with Crippen LogP contribution in [0.3, 0.4) is 0 Å². The van der Waals surface area contributed by atoms with Crippen molar-refractivity contribution in [3.05, 3.63) is 29.6 Å². The highest BCUT2D eigenvalue weighted by Gasteiger charge is 2.25. The third kappa shape index (κ3) is 4.45. The maximum absolute atomic E-state index is 13.1. The number of urea groups is 1. The number of nitrogens with zero attached hydrogens (tertiary/aromatic N) is 2. The Morgan fingerprint density at radius 2 is 1.96 bits per heavy atom. The minimum atomic E-state index is -3.66. The van der Waals surface area contributed by atoms with Gasteiger partial charge in [-0.25, -0.2) is 22.3 Å². The van der Waals surface area contributed by atoms with Crippen LogP contribution in [0.5, 0.6) is 0 Å². The summed E-state index contributed by atoms with van der Waals surface area (Å²) in [5.74, 6) is -0.267. The molecule has 2 rings (SSSR count). The average Bonchev–Trinajstić information content (AvgIpc) is 2.52. The fourth-order valence-corrected chi connectivity index (χ4v) is 4.17. The van der Waals surface area contributed by atoms with Crippen LogP contribution < -0.4 is 4.72 Å². The van der Waals surface area contributed by atoms with Gasteiger partial charge in [-0.15, -0.1) is 0 Å². The number of sulfonamides is 1. The molecule has 1 saturated heterocycles. The summed E-state index contributed by atoms with van der Waals surface area (Å²) in [5, 5.41) is 0. The van der Waals surface area contributed by atoms with Gasteiger partial charge in [0.25, 0.3) is 0 Å². The molecule has 1 fully saturated rings. The zero-order valence-corrected chi connectivity index (χ0v) is 15.1. The van der Waals surface area contributed by atoms with Gasteiger partial charge in [0.1, 0.15) is 5.82 Å². The van der Waals surface area contributed by atoms with E-state index in [1.807, 2.05) is 0 Å². The number of carbonyl (C=O) groups is 1. The molecule has 0 bridgehead atoms. The van der Waals surface area contributed by atoms with Crippen LogP contribution in [-0.4, -0.2) is 58.0 Å². The van der Waals surface area contributed by atoms with E-state index in [-0.39, 0.29) is 16.8 Å². The maximum Gasteiger partial charge on any atom is 0.319 e. The Morgan fingerprint density at radius 3 is 2.50 bits per heavy atom. The summed E-state index contributed by atoms with van der Waals surface area (Å²) < 4.78 is 40.5. The van der Waals surface area contributed by atoms with Gasteiger partial charge >= 0.3 is 6.03 Å². The minimum Gasteiger partial charge on any atom is -0.331 e. The monoisotopic (exact) mass is 357 g/mol. The number of hydrogen-bond acceptors (Lipinski definition) is 3. The van der Waals surface area contributed by atoms with E-state index in [2.05, 4.69) is 4.72 Å². The van der Waals surface area contributed by atoms with E-state index in [1.54, 1.807) is 30.8 Å². The predicted molar refractivity (Wildman–Crippen MR) is 89.7 cm³/mol. The number of likely N-dealkylation sites (tertiary alicyclic amines) is 1. The molecule has 0 spiro atoms. The van der Waals surface area contributed by atoms with E-state index >= 15 is 0 Å². The zero-order chi connectivity index (χ0) is 17.9. The summed E-state index contributed by atoms with van der Waals surface area (Å²) in [6.07, 6.45) is 1.51. The molecule has 1 aromatic rings. The second-order valence-electron chi connectivity index (χ2n) is 6.37. The SMILES string of the molecule is Cc1cc(F)ccc1S(=O)(=O)NCC1CCN(C(=O)N(C)C)CC1.